The number of carbonyl (C=O) groups is 1. The molecule has 5 nitrogen and oxygen atoms in total. The van der Waals surface area contributed by atoms with Crippen LogP contribution in [0.5, 0.6) is 0 Å². The smallest absolute Gasteiger partial charge is 0.235 e. The van der Waals surface area contributed by atoms with Crippen LogP contribution in [0.15, 0.2) is 5.16 Å². The van der Waals surface area contributed by atoms with Gasteiger partial charge in [-0.15, -0.1) is 5.10 Å². The number of hydrogen-bond acceptors (Lipinski definition) is 4. The van der Waals surface area contributed by atoms with E-state index in [1.165, 1.54) is 37.4 Å². The zero-order chi connectivity index (χ0) is 13.9. The number of aromatic amines is 1. The molecular formula is C14H22N4OS. The number of rotatable bonds is 4. The Morgan fingerprint density at radius 2 is 2.00 bits per heavy atom. The molecule has 1 aliphatic heterocycles. The third-order valence-corrected chi connectivity index (χ3v) is 4.94. The number of nitrogens with one attached hydrogen (secondary N) is 1. The van der Waals surface area contributed by atoms with Gasteiger partial charge in [0.05, 0.1) is 5.25 Å². The molecule has 0 aromatic carbocycles. The summed E-state index contributed by atoms with van der Waals surface area (Å²) >= 11 is 1.47. The predicted octanol–water partition coefficient (Wildman–Crippen LogP) is 2.57. The van der Waals surface area contributed by atoms with Gasteiger partial charge in [-0.25, -0.2) is 4.98 Å². The second-order valence-electron chi connectivity index (χ2n) is 5.78. The normalized spacial score (nSPS) is 21.6. The Morgan fingerprint density at radius 3 is 2.65 bits per heavy atom. The van der Waals surface area contributed by atoms with E-state index >= 15 is 0 Å². The summed E-state index contributed by atoms with van der Waals surface area (Å²) in [5.74, 6) is 1.80. The van der Waals surface area contributed by atoms with Crippen molar-refractivity contribution >= 4 is 17.7 Å². The molecule has 1 aliphatic carbocycles. The maximum absolute atomic E-state index is 12.4. The second kappa shape index (κ2) is 6.16. The molecule has 110 valence electrons. The van der Waals surface area contributed by atoms with Crippen LogP contribution in [0.3, 0.4) is 0 Å². The summed E-state index contributed by atoms with van der Waals surface area (Å²) in [7, 11) is 0. The largest absolute Gasteiger partial charge is 0.342 e. The summed E-state index contributed by atoms with van der Waals surface area (Å²) in [5.41, 5.74) is 0. The van der Waals surface area contributed by atoms with Crippen molar-refractivity contribution in [2.45, 2.75) is 61.8 Å². The molecule has 1 unspecified atom stereocenters. The molecule has 1 atom stereocenters. The lowest BCUT2D eigenvalue weighted by Gasteiger charge is -2.23. The quantitative estimate of drug-likeness (QED) is 0.867. The van der Waals surface area contributed by atoms with Crippen LogP contribution in [0.2, 0.25) is 0 Å². The maximum Gasteiger partial charge on any atom is 0.235 e. The van der Waals surface area contributed by atoms with Gasteiger partial charge in [-0.3, -0.25) is 9.89 Å². The summed E-state index contributed by atoms with van der Waals surface area (Å²) in [6, 6.07) is 0. The van der Waals surface area contributed by atoms with Gasteiger partial charge in [0.15, 0.2) is 0 Å². The summed E-state index contributed by atoms with van der Waals surface area (Å²) in [5, 5.41) is 7.82. The Labute approximate surface area is 123 Å². The number of amides is 1. The molecule has 1 saturated heterocycles. The molecule has 2 fully saturated rings. The number of thioether (sulfide) groups is 1. The van der Waals surface area contributed by atoms with Crippen LogP contribution in [0, 0.1) is 0 Å². The highest BCUT2D eigenvalue weighted by Crippen LogP contribution is 2.38. The molecule has 1 aromatic rings. The van der Waals surface area contributed by atoms with Crippen molar-refractivity contribution in [2.75, 3.05) is 13.1 Å². The van der Waals surface area contributed by atoms with E-state index in [-0.39, 0.29) is 11.2 Å². The molecule has 0 bridgehead atoms. The van der Waals surface area contributed by atoms with Gasteiger partial charge < -0.3 is 4.90 Å². The van der Waals surface area contributed by atoms with E-state index < -0.39 is 0 Å². The zero-order valence-electron chi connectivity index (χ0n) is 12.0. The Hall–Kier alpha value is -1.04. The Balaban J connectivity index is 1.56. The molecule has 20 heavy (non-hydrogen) atoms. The average molecular weight is 294 g/mol. The van der Waals surface area contributed by atoms with Crippen molar-refractivity contribution in [1.82, 2.24) is 20.1 Å². The van der Waals surface area contributed by atoms with Gasteiger partial charge in [0.25, 0.3) is 0 Å². The van der Waals surface area contributed by atoms with Gasteiger partial charge in [-0.1, -0.05) is 24.6 Å². The number of carbonyl (C=O) groups excluding carboxylic acids is 1. The van der Waals surface area contributed by atoms with Gasteiger partial charge >= 0.3 is 0 Å². The third kappa shape index (κ3) is 3.34. The maximum atomic E-state index is 12.4. The first-order valence-corrected chi connectivity index (χ1v) is 8.50. The van der Waals surface area contributed by atoms with Crippen LogP contribution in [0.25, 0.3) is 0 Å². The van der Waals surface area contributed by atoms with E-state index in [2.05, 4.69) is 15.2 Å². The minimum Gasteiger partial charge on any atom is -0.342 e. The lowest BCUT2D eigenvalue weighted by Crippen LogP contribution is -2.37. The van der Waals surface area contributed by atoms with Crippen molar-refractivity contribution in [3.05, 3.63) is 5.82 Å². The highest BCUT2D eigenvalue weighted by atomic mass is 32.2. The fraction of sp³-hybridized carbons (Fsp3) is 0.786. The molecular weight excluding hydrogens is 272 g/mol. The first-order chi connectivity index (χ1) is 9.74. The summed E-state index contributed by atoms with van der Waals surface area (Å²) in [4.78, 5) is 18.9. The third-order valence-electron chi connectivity index (χ3n) is 3.99. The molecule has 1 saturated carbocycles. The molecule has 2 heterocycles. The van der Waals surface area contributed by atoms with Gasteiger partial charge in [-0.05, 0) is 32.6 Å². The molecule has 2 aliphatic rings. The minimum atomic E-state index is -0.101. The highest BCUT2D eigenvalue weighted by molar-refractivity contribution is 8.00. The topological polar surface area (TPSA) is 61.9 Å². The van der Waals surface area contributed by atoms with E-state index in [0.717, 1.165) is 31.8 Å². The molecule has 3 rings (SSSR count). The molecule has 0 spiro atoms. The lowest BCUT2D eigenvalue weighted by atomic mass is 10.2. The van der Waals surface area contributed by atoms with Crippen LogP contribution in [0.4, 0.5) is 0 Å². The monoisotopic (exact) mass is 294 g/mol. The number of aromatic nitrogens is 3. The van der Waals surface area contributed by atoms with E-state index in [0.29, 0.717) is 11.1 Å². The average Bonchev–Trinajstić information content (AvgIpc) is 3.24. The first-order valence-electron chi connectivity index (χ1n) is 7.62. The lowest BCUT2D eigenvalue weighted by molar-refractivity contribution is -0.130. The van der Waals surface area contributed by atoms with Gasteiger partial charge in [0.2, 0.25) is 11.1 Å². The SMILES string of the molecule is CC(Sc1n[nH]c(C2CC2)n1)C(=O)N1CCCCCC1. The van der Waals surface area contributed by atoms with E-state index in [4.69, 9.17) is 0 Å². The number of likely N-dealkylation sites (tertiary alicyclic amines) is 1. The van der Waals surface area contributed by atoms with Gasteiger partial charge in [0, 0.05) is 19.0 Å². The van der Waals surface area contributed by atoms with Crippen molar-refractivity contribution < 1.29 is 4.79 Å². The standard InChI is InChI=1S/C14H22N4OS/c1-10(13(19)18-8-4-2-3-5-9-18)20-14-15-12(16-17-14)11-6-7-11/h10-11H,2-9H2,1H3,(H,15,16,17). The summed E-state index contributed by atoms with van der Waals surface area (Å²) < 4.78 is 0. The van der Waals surface area contributed by atoms with Gasteiger partial charge in [0.1, 0.15) is 5.82 Å². The zero-order valence-corrected chi connectivity index (χ0v) is 12.8. The fourth-order valence-corrected chi connectivity index (χ4v) is 3.42. The molecule has 0 radical (unpaired) electrons. The van der Waals surface area contributed by atoms with E-state index in [9.17, 15) is 4.79 Å². The van der Waals surface area contributed by atoms with Crippen LogP contribution < -0.4 is 0 Å². The molecule has 6 heteroatoms. The van der Waals surface area contributed by atoms with Crippen molar-refractivity contribution in [2.24, 2.45) is 0 Å². The van der Waals surface area contributed by atoms with Crippen molar-refractivity contribution in [3.8, 4) is 0 Å². The Morgan fingerprint density at radius 1 is 1.30 bits per heavy atom. The Kier molecular flexibility index (Phi) is 4.29. The summed E-state index contributed by atoms with van der Waals surface area (Å²) in [6.07, 6.45) is 7.18. The van der Waals surface area contributed by atoms with E-state index in [1.54, 1.807) is 0 Å². The minimum absolute atomic E-state index is 0.101. The molecule has 1 N–H and O–H groups in total. The first kappa shape index (κ1) is 13.9. The summed E-state index contributed by atoms with van der Waals surface area (Å²) in [6.45, 7) is 3.78. The molecule has 1 amide bonds. The van der Waals surface area contributed by atoms with E-state index in [1.807, 2.05) is 11.8 Å². The highest BCUT2D eigenvalue weighted by Gasteiger charge is 2.28. The predicted molar refractivity (Wildman–Crippen MR) is 78.7 cm³/mol. The van der Waals surface area contributed by atoms with Gasteiger partial charge in [-0.2, -0.15) is 0 Å². The van der Waals surface area contributed by atoms with Crippen LogP contribution in [-0.4, -0.2) is 44.3 Å². The number of H-pyrrole nitrogens is 1. The number of nitrogens with zero attached hydrogens (tertiary/aromatic N) is 3. The van der Waals surface area contributed by atoms with Crippen LogP contribution >= 0.6 is 11.8 Å². The van der Waals surface area contributed by atoms with Crippen LogP contribution in [0.1, 0.15) is 57.2 Å². The fourth-order valence-electron chi connectivity index (χ4n) is 2.61. The van der Waals surface area contributed by atoms with Crippen molar-refractivity contribution in [3.63, 3.8) is 0 Å². The van der Waals surface area contributed by atoms with Crippen molar-refractivity contribution in [1.29, 1.82) is 0 Å². The Bertz CT molecular complexity index is 463. The molecule has 1 aromatic heterocycles. The number of hydrogen-bond donors (Lipinski definition) is 1. The van der Waals surface area contributed by atoms with Crippen LogP contribution in [-0.2, 0) is 4.79 Å². The second-order valence-corrected chi connectivity index (χ2v) is 7.09.